The summed E-state index contributed by atoms with van der Waals surface area (Å²) in [4.78, 5) is 0. The van der Waals surface area contributed by atoms with E-state index in [1.54, 1.807) is 0 Å². The molecule has 0 aromatic carbocycles. The Kier molecular flexibility index (Phi) is 5.72. The van der Waals surface area contributed by atoms with E-state index in [9.17, 15) is 8.42 Å². The summed E-state index contributed by atoms with van der Waals surface area (Å²) in [6.45, 7) is 5.64. The molecule has 5 heteroatoms. The van der Waals surface area contributed by atoms with Crippen LogP contribution in [0.5, 0.6) is 0 Å². The fourth-order valence-corrected chi connectivity index (χ4v) is 3.66. The smallest absolute Gasteiger partial charge is 0.152 e. The van der Waals surface area contributed by atoms with Crippen LogP contribution in [-0.2, 0) is 14.6 Å². The first-order valence-electron chi connectivity index (χ1n) is 6.09. The van der Waals surface area contributed by atoms with Crippen molar-refractivity contribution in [3.63, 3.8) is 0 Å². The zero-order valence-corrected chi connectivity index (χ0v) is 11.1. The lowest BCUT2D eigenvalue weighted by Crippen LogP contribution is -2.30. The molecule has 0 aromatic rings. The van der Waals surface area contributed by atoms with Crippen molar-refractivity contribution in [2.75, 3.05) is 24.7 Å². The van der Waals surface area contributed by atoms with Crippen LogP contribution >= 0.6 is 0 Å². The van der Waals surface area contributed by atoms with E-state index < -0.39 is 9.84 Å². The molecule has 0 radical (unpaired) electrons. The highest BCUT2D eigenvalue weighted by molar-refractivity contribution is 7.91. The second-order valence-electron chi connectivity index (χ2n) is 4.50. The molecule has 0 aromatic heterocycles. The van der Waals surface area contributed by atoms with Crippen molar-refractivity contribution < 1.29 is 13.2 Å². The summed E-state index contributed by atoms with van der Waals surface area (Å²) in [5.74, 6) is 0.465. The Morgan fingerprint density at radius 3 is 2.81 bits per heavy atom. The summed E-state index contributed by atoms with van der Waals surface area (Å²) in [5.41, 5.74) is 0. The predicted molar refractivity (Wildman–Crippen MR) is 65.4 cm³/mol. The molecule has 1 N–H and O–H groups in total. The van der Waals surface area contributed by atoms with Gasteiger partial charge in [-0.05, 0) is 32.7 Å². The van der Waals surface area contributed by atoms with Crippen LogP contribution in [0.3, 0.4) is 0 Å². The lowest BCUT2D eigenvalue weighted by Gasteiger charge is -2.14. The minimum absolute atomic E-state index is 0.0561. The van der Waals surface area contributed by atoms with E-state index in [4.69, 9.17) is 4.74 Å². The Morgan fingerprint density at radius 1 is 1.50 bits per heavy atom. The number of ether oxygens (including phenoxy) is 1. The Hall–Kier alpha value is -0.130. The van der Waals surface area contributed by atoms with Gasteiger partial charge in [0.15, 0.2) is 9.84 Å². The molecule has 0 amide bonds. The molecule has 1 aliphatic rings. The quantitative estimate of drug-likeness (QED) is 0.730. The molecule has 0 aliphatic carbocycles. The monoisotopic (exact) mass is 249 g/mol. The highest BCUT2D eigenvalue weighted by Crippen LogP contribution is 2.14. The van der Waals surface area contributed by atoms with Gasteiger partial charge in [0.05, 0.1) is 17.6 Å². The summed E-state index contributed by atoms with van der Waals surface area (Å²) in [6, 6.07) is 0.268. The van der Waals surface area contributed by atoms with Gasteiger partial charge in [0.2, 0.25) is 0 Å². The van der Waals surface area contributed by atoms with Crippen molar-refractivity contribution >= 4 is 9.84 Å². The van der Waals surface area contributed by atoms with Crippen molar-refractivity contribution in [3.8, 4) is 0 Å². The summed E-state index contributed by atoms with van der Waals surface area (Å²) >= 11 is 0. The van der Waals surface area contributed by atoms with Gasteiger partial charge in [-0.3, -0.25) is 0 Å². The van der Waals surface area contributed by atoms with Gasteiger partial charge in [0, 0.05) is 12.6 Å². The maximum absolute atomic E-state index is 11.8. The van der Waals surface area contributed by atoms with Crippen LogP contribution in [-0.4, -0.2) is 45.2 Å². The molecule has 0 saturated carbocycles. The third-order valence-electron chi connectivity index (χ3n) is 2.88. The van der Waals surface area contributed by atoms with Crippen LogP contribution in [0.2, 0.25) is 0 Å². The minimum atomic E-state index is -2.94. The van der Waals surface area contributed by atoms with Gasteiger partial charge >= 0.3 is 0 Å². The zero-order chi connectivity index (χ0) is 12.0. The van der Waals surface area contributed by atoms with E-state index in [1.165, 1.54) is 0 Å². The van der Waals surface area contributed by atoms with Crippen molar-refractivity contribution in [1.82, 2.24) is 5.32 Å². The molecular weight excluding hydrogens is 226 g/mol. The standard InChI is InChI=1S/C11H23NO3S/c1-3-12-10(2)6-8-16(13,14)9-11-5-4-7-15-11/h10-12H,3-9H2,1-2H3. The van der Waals surface area contributed by atoms with E-state index >= 15 is 0 Å². The average molecular weight is 249 g/mol. The molecular formula is C11H23NO3S. The van der Waals surface area contributed by atoms with Crippen LogP contribution in [0.25, 0.3) is 0 Å². The second-order valence-corrected chi connectivity index (χ2v) is 6.73. The van der Waals surface area contributed by atoms with Crippen LogP contribution in [0.15, 0.2) is 0 Å². The lowest BCUT2D eigenvalue weighted by molar-refractivity contribution is 0.127. The number of hydrogen-bond acceptors (Lipinski definition) is 4. The van der Waals surface area contributed by atoms with Gasteiger partial charge in [-0.15, -0.1) is 0 Å². The maximum Gasteiger partial charge on any atom is 0.152 e. The molecule has 0 bridgehead atoms. The highest BCUT2D eigenvalue weighted by Gasteiger charge is 2.23. The van der Waals surface area contributed by atoms with E-state index in [2.05, 4.69) is 5.32 Å². The van der Waals surface area contributed by atoms with Crippen LogP contribution < -0.4 is 5.32 Å². The Morgan fingerprint density at radius 2 is 2.25 bits per heavy atom. The fourth-order valence-electron chi connectivity index (χ4n) is 1.95. The normalized spacial score (nSPS) is 23.5. The minimum Gasteiger partial charge on any atom is -0.377 e. The first-order valence-corrected chi connectivity index (χ1v) is 7.91. The van der Waals surface area contributed by atoms with Gasteiger partial charge in [-0.25, -0.2) is 8.42 Å². The van der Waals surface area contributed by atoms with Gasteiger partial charge in [0.1, 0.15) is 0 Å². The summed E-state index contributed by atoms with van der Waals surface area (Å²) in [7, 11) is -2.94. The molecule has 2 atom stereocenters. The fraction of sp³-hybridized carbons (Fsp3) is 1.00. The molecule has 16 heavy (non-hydrogen) atoms. The van der Waals surface area contributed by atoms with E-state index in [0.29, 0.717) is 13.0 Å². The number of sulfone groups is 1. The van der Waals surface area contributed by atoms with E-state index in [-0.39, 0.29) is 23.7 Å². The predicted octanol–water partition coefficient (Wildman–Crippen LogP) is 0.968. The molecule has 2 unspecified atom stereocenters. The Bertz CT molecular complexity index is 284. The topological polar surface area (TPSA) is 55.4 Å². The van der Waals surface area contributed by atoms with Crippen molar-refractivity contribution in [2.45, 2.75) is 45.3 Å². The van der Waals surface area contributed by atoms with Gasteiger partial charge in [0.25, 0.3) is 0 Å². The van der Waals surface area contributed by atoms with Gasteiger partial charge in [-0.2, -0.15) is 0 Å². The van der Waals surface area contributed by atoms with Crippen molar-refractivity contribution in [2.24, 2.45) is 0 Å². The third-order valence-corrected chi connectivity index (χ3v) is 4.62. The number of rotatable bonds is 7. The number of nitrogens with one attached hydrogen (secondary N) is 1. The van der Waals surface area contributed by atoms with Crippen LogP contribution in [0, 0.1) is 0 Å². The number of hydrogen-bond donors (Lipinski definition) is 1. The summed E-state index contributed by atoms with van der Waals surface area (Å²) in [6.07, 6.45) is 2.51. The van der Waals surface area contributed by atoms with Gasteiger partial charge in [-0.1, -0.05) is 6.92 Å². The Labute approximate surface area is 98.7 Å². The summed E-state index contributed by atoms with van der Waals surface area (Å²) in [5, 5.41) is 3.22. The molecule has 1 aliphatic heterocycles. The molecule has 0 spiro atoms. The third kappa shape index (κ3) is 5.27. The molecule has 1 saturated heterocycles. The van der Waals surface area contributed by atoms with E-state index in [1.807, 2.05) is 13.8 Å². The zero-order valence-electron chi connectivity index (χ0n) is 10.2. The van der Waals surface area contributed by atoms with Crippen molar-refractivity contribution in [3.05, 3.63) is 0 Å². The SMILES string of the molecule is CCNC(C)CCS(=O)(=O)CC1CCCO1. The molecule has 1 rings (SSSR count). The Balaban J connectivity index is 2.27. The molecule has 4 nitrogen and oxygen atoms in total. The first-order chi connectivity index (χ1) is 7.53. The molecule has 96 valence electrons. The largest absolute Gasteiger partial charge is 0.377 e. The van der Waals surface area contributed by atoms with Gasteiger partial charge < -0.3 is 10.1 Å². The second kappa shape index (κ2) is 6.57. The maximum atomic E-state index is 11.8. The first kappa shape index (κ1) is 13.9. The molecule has 1 fully saturated rings. The van der Waals surface area contributed by atoms with Crippen LogP contribution in [0.1, 0.15) is 33.1 Å². The van der Waals surface area contributed by atoms with Crippen LogP contribution in [0.4, 0.5) is 0 Å². The highest BCUT2D eigenvalue weighted by atomic mass is 32.2. The van der Waals surface area contributed by atoms with Crippen molar-refractivity contribution in [1.29, 1.82) is 0 Å². The lowest BCUT2D eigenvalue weighted by atomic mass is 10.2. The average Bonchev–Trinajstić information content (AvgIpc) is 2.67. The summed E-state index contributed by atoms with van der Waals surface area (Å²) < 4.78 is 28.9. The van der Waals surface area contributed by atoms with E-state index in [0.717, 1.165) is 19.4 Å². The molecule has 1 heterocycles.